The molecule has 104 valence electrons. The van der Waals surface area contributed by atoms with Crippen molar-refractivity contribution in [2.75, 3.05) is 18.9 Å². The summed E-state index contributed by atoms with van der Waals surface area (Å²) in [5.74, 6) is 0.391. The predicted molar refractivity (Wildman–Crippen MR) is 76.9 cm³/mol. The molecule has 0 bridgehead atoms. The van der Waals surface area contributed by atoms with Crippen LogP contribution in [0.25, 0.3) is 6.08 Å². The van der Waals surface area contributed by atoms with E-state index in [1.54, 1.807) is 25.1 Å². The molecule has 0 unspecified atom stereocenters. The summed E-state index contributed by atoms with van der Waals surface area (Å²) in [5, 5.41) is 0. The van der Waals surface area contributed by atoms with Gasteiger partial charge in [-0.1, -0.05) is 6.92 Å². The van der Waals surface area contributed by atoms with Gasteiger partial charge in [0, 0.05) is 22.9 Å². The molecule has 4 nitrogen and oxygen atoms in total. The molecule has 0 atom stereocenters. The van der Waals surface area contributed by atoms with Crippen molar-refractivity contribution in [2.45, 2.75) is 27.2 Å². The topological polar surface area (TPSA) is 61.5 Å². The molecule has 0 amide bonds. The third-order valence-electron chi connectivity index (χ3n) is 2.59. The Kier molecular flexibility index (Phi) is 5.93. The number of nitrogens with two attached hydrogens (primary N) is 1. The monoisotopic (exact) mass is 263 g/mol. The molecule has 0 aliphatic carbocycles. The van der Waals surface area contributed by atoms with Crippen LogP contribution in [0, 0.1) is 0 Å². The van der Waals surface area contributed by atoms with Crippen LogP contribution in [-0.4, -0.2) is 19.2 Å². The van der Waals surface area contributed by atoms with Gasteiger partial charge in [0.15, 0.2) is 0 Å². The molecule has 1 aromatic rings. The number of benzene rings is 1. The highest BCUT2D eigenvalue weighted by Crippen LogP contribution is 2.25. The highest BCUT2D eigenvalue weighted by atomic mass is 16.5. The van der Waals surface area contributed by atoms with Crippen LogP contribution in [0.15, 0.2) is 23.8 Å². The van der Waals surface area contributed by atoms with Crippen LogP contribution in [0.5, 0.6) is 5.75 Å². The van der Waals surface area contributed by atoms with Gasteiger partial charge in [-0.05, 0) is 38.5 Å². The fraction of sp³-hybridized carbons (Fsp3) is 0.400. The first-order valence-electron chi connectivity index (χ1n) is 6.52. The van der Waals surface area contributed by atoms with E-state index in [1.807, 2.05) is 19.9 Å². The fourth-order valence-corrected chi connectivity index (χ4v) is 1.67. The van der Waals surface area contributed by atoms with E-state index in [2.05, 4.69) is 0 Å². The van der Waals surface area contributed by atoms with Gasteiger partial charge in [-0.25, -0.2) is 4.79 Å². The van der Waals surface area contributed by atoms with Crippen LogP contribution in [0.4, 0.5) is 5.69 Å². The lowest BCUT2D eigenvalue weighted by molar-refractivity contribution is -0.138. The first kappa shape index (κ1) is 15.1. The Bertz CT molecular complexity index is 466. The molecule has 1 aromatic carbocycles. The molecule has 4 heteroatoms. The van der Waals surface area contributed by atoms with Crippen LogP contribution in [0.1, 0.15) is 32.8 Å². The lowest BCUT2D eigenvalue weighted by atomic mass is 10.1. The molecular formula is C15H21NO3. The van der Waals surface area contributed by atoms with Crippen molar-refractivity contribution in [1.82, 2.24) is 0 Å². The minimum Gasteiger partial charge on any atom is -0.493 e. The van der Waals surface area contributed by atoms with Crippen molar-refractivity contribution < 1.29 is 14.3 Å². The van der Waals surface area contributed by atoms with E-state index >= 15 is 0 Å². The second-order valence-electron chi connectivity index (χ2n) is 3.97. The summed E-state index contributed by atoms with van der Waals surface area (Å²) in [6.45, 7) is 6.53. The van der Waals surface area contributed by atoms with Crippen molar-refractivity contribution in [3.63, 3.8) is 0 Å². The van der Waals surface area contributed by atoms with Crippen LogP contribution >= 0.6 is 0 Å². The van der Waals surface area contributed by atoms with Gasteiger partial charge >= 0.3 is 5.97 Å². The van der Waals surface area contributed by atoms with Crippen LogP contribution < -0.4 is 10.5 Å². The number of hydrogen-bond donors (Lipinski definition) is 1. The van der Waals surface area contributed by atoms with Gasteiger partial charge in [0.1, 0.15) is 5.75 Å². The number of anilines is 1. The molecule has 0 heterocycles. The lowest BCUT2D eigenvalue weighted by Crippen LogP contribution is -2.07. The Morgan fingerprint density at radius 1 is 1.26 bits per heavy atom. The number of carbonyl (C=O) groups is 1. The highest BCUT2D eigenvalue weighted by Gasteiger charge is 2.10. The van der Waals surface area contributed by atoms with Gasteiger partial charge in [-0.2, -0.15) is 0 Å². The number of hydrogen-bond acceptors (Lipinski definition) is 4. The van der Waals surface area contributed by atoms with Crippen molar-refractivity contribution in [3.8, 4) is 5.75 Å². The third-order valence-corrected chi connectivity index (χ3v) is 2.59. The fourth-order valence-electron chi connectivity index (χ4n) is 1.67. The van der Waals surface area contributed by atoms with E-state index in [0.717, 1.165) is 5.56 Å². The first-order chi connectivity index (χ1) is 9.12. The minimum atomic E-state index is -0.288. The lowest BCUT2D eigenvalue weighted by Gasteiger charge is -2.10. The zero-order valence-corrected chi connectivity index (χ0v) is 11.7. The maximum atomic E-state index is 11.8. The maximum Gasteiger partial charge on any atom is 0.333 e. The maximum absolute atomic E-state index is 11.8. The van der Waals surface area contributed by atoms with Crippen molar-refractivity contribution in [2.24, 2.45) is 0 Å². The van der Waals surface area contributed by atoms with Crippen molar-refractivity contribution in [1.29, 1.82) is 0 Å². The SMILES string of the molecule is CCOC(=O)C(=Cc1ccc(N)cc1OCC)CC. The molecule has 0 aromatic heterocycles. The molecule has 0 fully saturated rings. The van der Waals surface area contributed by atoms with Gasteiger partial charge in [0.05, 0.1) is 13.2 Å². The van der Waals surface area contributed by atoms with E-state index < -0.39 is 0 Å². The van der Waals surface area contributed by atoms with E-state index in [0.29, 0.717) is 36.6 Å². The number of esters is 1. The van der Waals surface area contributed by atoms with Gasteiger partial charge in [-0.15, -0.1) is 0 Å². The molecular weight excluding hydrogens is 242 g/mol. The van der Waals surface area contributed by atoms with E-state index in [-0.39, 0.29) is 5.97 Å². The largest absolute Gasteiger partial charge is 0.493 e. The quantitative estimate of drug-likeness (QED) is 0.487. The summed E-state index contributed by atoms with van der Waals surface area (Å²) in [5.41, 5.74) is 7.82. The van der Waals surface area contributed by atoms with Crippen LogP contribution in [0.3, 0.4) is 0 Å². The first-order valence-corrected chi connectivity index (χ1v) is 6.52. The normalized spacial score (nSPS) is 11.2. The number of carbonyl (C=O) groups excluding carboxylic acids is 1. The molecule has 0 saturated heterocycles. The van der Waals surface area contributed by atoms with Crippen molar-refractivity contribution >= 4 is 17.7 Å². The molecule has 1 rings (SSSR count). The van der Waals surface area contributed by atoms with E-state index in [9.17, 15) is 4.79 Å². The van der Waals surface area contributed by atoms with Crippen molar-refractivity contribution in [3.05, 3.63) is 29.3 Å². The van der Waals surface area contributed by atoms with Gasteiger partial charge in [0.2, 0.25) is 0 Å². The summed E-state index contributed by atoms with van der Waals surface area (Å²) in [7, 11) is 0. The molecule has 0 saturated carbocycles. The molecule has 19 heavy (non-hydrogen) atoms. The van der Waals surface area contributed by atoms with E-state index in [4.69, 9.17) is 15.2 Å². The number of nitrogen functional groups attached to an aromatic ring is 1. The second-order valence-corrected chi connectivity index (χ2v) is 3.97. The van der Waals surface area contributed by atoms with Gasteiger partial charge in [-0.3, -0.25) is 0 Å². The molecule has 0 radical (unpaired) electrons. The zero-order valence-electron chi connectivity index (χ0n) is 11.7. The zero-order chi connectivity index (χ0) is 14.3. The number of ether oxygens (including phenoxy) is 2. The Labute approximate surface area is 114 Å². The smallest absolute Gasteiger partial charge is 0.333 e. The summed E-state index contributed by atoms with van der Waals surface area (Å²) < 4.78 is 10.5. The van der Waals surface area contributed by atoms with Gasteiger partial charge in [0.25, 0.3) is 0 Å². The summed E-state index contributed by atoms with van der Waals surface area (Å²) in [4.78, 5) is 11.8. The van der Waals surface area contributed by atoms with Crippen LogP contribution in [0.2, 0.25) is 0 Å². The van der Waals surface area contributed by atoms with Gasteiger partial charge < -0.3 is 15.2 Å². The average Bonchev–Trinajstić information content (AvgIpc) is 2.38. The highest BCUT2D eigenvalue weighted by molar-refractivity contribution is 5.94. The molecule has 0 spiro atoms. The Hall–Kier alpha value is -1.97. The minimum absolute atomic E-state index is 0.288. The summed E-state index contributed by atoms with van der Waals surface area (Å²) >= 11 is 0. The molecule has 2 N–H and O–H groups in total. The van der Waals surface area contributed by atoms with Crippen LogP contribution in [-0.2, 0) is 9.53 Å². The third kappa shape index (κ3) is 4.32. The Balaban J connectivity index is 3.09. The Morgan fingerprint density at radius 3 is 2.58 bits per heavy atom. The summed E-state index contributed by atoms with van der Waals surface area (Å²) in [6, 6.07) is 5.38. The Morgan fingerprint density at radius 2 is 2.00 bits per heavy atom. The second kappa shape index (κ2) is 7.46. The number of rotatable bonds is 6. The van der Waals surface area contributed by atoms with E-state index in [1.165, 1.54) is 0 Å². The molecule has 0 aliphatic rings. The average molecular weight is 263 g/mol. The predicted octanol–water partition coefficient (Wildman–Crippen LogP) is 3.02. The molecule has 0 aliphatic heterocycles. The summed E-state index contributed by atoms with van der Waals surface area (Å²) in [6.07, 6.45) is 2.40. The standard InChI is InChI=1S/C15H21NO3/c1-4-11(15(17)19-6-3)9-12-7-8-13(16)10-14(12)18-5-2/h7-10H,4-6,16H2,1-3H3.